The van der Waals surface area contributed by atoms with Crippen LogP contribution in [0, 0.1) is 0 Å². The number of aromatic nitrogens is 1. The zero-order chi connectivity index (χ0) is 13.1. The van der Waals surface area contributed by atoms with Crippen LogP contribution in [0.25, 0.3) is 0 Å². The highest BCUT2D eigenvalue weighted by molar-refractivity contribution is 5.50. The molecule has 0 bridgehead atoms. The predicted octanol–water partition coefficient (Wildman–Crippen LogP) is 2.20. The van der Waals surface area contributed by atoms with Crippen molar-refractivity contribution in [1.29, 1.82) is 0 Å². The van der Waals surface area contributed by atoms with Gasteiger partial charge in [-0.05, 0) is 38.3 Å². The van der Waals surface area contributed by atoms with Crippen LogP contribution in [0.15, 0.2) is 18.3 Å². The molecule has 1 aliphatic heterocycles. The van der Waals surface area contributed by atoms with Gasteiger partial charge in [0.2, 0.25) is 5.88 Å². The van der Waals surface area contributed by atoms with Gasteiger partial charge in [0.25, 0.3) is 0 Å². The third-order valence-electron chi connectivity index (χ3n) is 4.08. The highest BCUT2D eigenvalue weighted by atomic mass is 16.5. The molecule has 0 aromatic carbocycles. The second-order valence-electron chi connectivity index (χ2n) is 5.59. The van der Waals surface area contributed by atoms with Crippen LogP contribution in [0.3, 0.4) is 0 Å². The minimum atomic E-state index is 0.633. The number of nitrogens with zero attached hydrogens (tertiary/aromatic N) is 2. The van der Waals surface area contributed by atoms with Crippen LogP contribution in [0.4, 0.5) is 5.69 Å². The lowest BCUT2D eigenvalue weighted by molar-refractivity contribution is 0.393. The number of methoxy groups -OCH3 is 1. The van der Waals surface area contributed by atoms with Gasteiger partial charge in [-0.15, -0.1) is 0 Å². The molecule has 1 atom stereocenters. The summed E-state index contributed by atoms with van der Waals surface area (Å²) in [5.74, 6) is 0.708. The number of rotatable bonds is 5. The van der Waals surface area contributed by atoms with Crippen molar-refractivity contribution >= 4 is 5.69 Å². The van der Waals surface area contributed by atoms with Crippen molar-refractivity contribution in [2.24, 2.45) is 0 Å². The molecule has 1 aromatic rings. The van der Waals surface area contributed by atoms with Crippen LogP contribution >= 0.6 is 0 Å². The fourth-order valence-corrected chi connectivity index (χ4v) is 2.86. The number of piperidine rings is 1. The molecule has 4 heteroatoms. The number of ether oxygens (including phenoxy) is 1. The summed E-state index contributed by atoms with van der Waals surface area (Å²) in [7, 11) is 1.68. The summed E-state index contributed by atoms with van der Waals surface area (Å²) in [5.41, 5.74) is 1.25. The van der Waals surface area contributed by atoms with E-state index < -0.39 is 0 Å². The highest BCUT2D eigenvalue weighted by Crippen LogP contribution is 2.33. The first-order valence-corrected chi connectivity index (χ1v) is 7.37. The Morgan fingerprint density at radius 2 is 2.26 bits per heavy atom. The molecular formula is C15H23N3O. The van der Waals surface area contributed by atoms with E-state index in [1.807, 2.05) is 6.20 Å². The Morgan fingerprint density at radius 3 is 2.95 bits per heavy atom. The molecule has 3 rings (SSSR count). The molecule has 2 heterocycles. The summed E-state index contributed by atoms with van der Waals surface area (Å²) in [6.07, 6.45) is 8.46. The van der Waals surface area contributed by atoms with Gasteiger partial charge in [0.05, 0.1) is 7.11 Å². The van der Waals surface area contributed by atoms with Crippen molar-refractivity contribution in [2.45, 2.75) is 44.2 Å². The Balaban J connectivity index is 1.72. The van der Waals surface area contributed by atoms with Crippen LogP contribution in [-0.2, 0) is 0 Å². The van der Waals surface area contributed by atoms with Crippen LogP contribution < -0.4 is 15.0 Å². The van der Waals surface area contributed by atoms with Gasteiger partial charge in [-0.2, -0.15) is 0 Å². The molecule has 1 saturated heterocycles. The van der Waals surface area contributed by atoms with Gasteiger partial charge < -0.3 is 15.0 Å². The molecule has 0 radical (unpaired) electrons. The maximum Gasteiger partial charge on any atom is 0.214 e. The van der Waals surface area contributed by atoms with E-state index in [1.165, 1.54) is 44.3 Å². The molecule has 1 N–H and O–H groups in total. The van der Waals surface area contributed by atoms with E-state index in [2.05, 4.69) is 27.3 Å². The molecule has 0 amide bonds. The van der Waals surface area contributed by atoms with E-state index in [-0.39, 0.29) is 0 Å². The topological polar surface area (TPSA) is 37.4 Å². The third kappa shape index (κ3) is 3.18. The Bertz CT molecular complexity index is 414. The van der Waals surface area contributed by atoms with Crippen molar-refractivity contribution in [3.05, 3.63) is 18.3 Å². The normalized spacial score (nSPS) is 23.1. The van der Waals surface area contributed by atoms with Crippen molar-refractivity contribution in [1.82, 2.24) is 10.3 Å². The minimum absolute atomic E-state index is 0.633. The second kappa shape index (κ2) is 5.78. The van der Waals surface area contributed by atoms with Gasteiger partial charge in [-0.1, -0.05) is 6.42 Å². The molecule has 1 aliphatic carbocycles. The van der Waals surface area contributed by atoms with Crippen LogP contribution in [-0.4, -0.2) is 37.3 Å². The quantitative estimate of drug-likeness (QED) is 0.881. The summed E-state index contributed by atoms with van der Waals surface area (Å²) in [4.78, 5) is 6.74. The van der Waals surface area contributed by atoms with E-state index in [1.54, 1.807) is 7.11 Å². The SMILES string of the molecule is COc1cc(N(CC2CCCCN2)C2CC2)ccn1. The number of pyridine rings is 1. The molecular weight excluding hydrogens is 238 g/mol. The molecule has 1 aromatic heterocycles. The van der Waals surface area contributed by atoms with Gasteiger partial charge >= 0.3 is 0 Å². The first-order valence-electron chi connectivity index (χ1n) is 7.37. The largest absolute Gasteiger partial charge is 0.481 e. The molecule has 1 saturated carbocycles. The first-order chi connectivity index (χ1) is 9.36. The molecule has 4 nitrogen and oxygen atoms in total. The Hall–Kier alpha value is -1.29. The number of hydrogen-bond donors (Lipinski definition) is 1. The fraction of sp³-hybridized carbons (Fsp3) is 0.667. The number of anilines is 1. The summed E-state index contributed by atoms with van der Waals surface area (Å²) in [6, 6.07) is 5.51. The van der Waals surface area contributed by atoms with Gasteiger partial charge in [0.1, 0.15) is 0 Å². The van der Waals surface area contributed by atoms with Crippen LogP contribution in [0.5, 0.6) is 5.88 Å². The maximum absolute atomic E-state index is 5.24. The Labute approximate surface area is 115 Å². The average molecular weight is 261 g/mol. The lowest BCUT2D eigenvalue weighted by Gasteiger charge is -2.32. The second-order valence-corrected chi connectivity index (χ2v) is 5.59. The number of nitrogens with one attached hydrogen (secondary N) is 1. The minimum Gasteiger partial charge on any atom is -0.481 e. The van der Waals surface area contributed by atoms with Gasteiger partial charge in [-0.25, -0.2) is 4.98 Å². The van der Waals surface area contributed by atoms with Gasteiger partial charge in [0, 0.05) is 36.6 Å². The predicted molar refractivity (Wildman–Crippen MR) is 76.8 cm³/mol. The van der Waals surface area contributed by atoms with Crippen molar-refractivity contribution in [3.8, 4) is 5.88 Å². The molecule has 0 spiro atoms. The fourth-order valence-electron chi connectivity index (χ4n) is 2.86. The summed E-state index contributed by atoms with van der Waals surface area (Å²) in [5, 5.41) is 3.64. The monoisotopic (exact) mass is 261 g/mol. The van der Waals surface area contributed by atoms with E-state index in [0.717, 1.165) is 12.6 Å². The van der Waals surface area contributed by atoms with E-state index in [9.17, 15) is 0 Å². The Kier molecular flexibility index (Phi) is 3.87. The zero-order valence-electron chi connectivity index (χ0n) is 11.6. The molecule has 1 unspecified atom stereocenters. The smallest absolute Gasteiger partial charge is 0.214 e. The molecule has 19 heavy (non-hydrogen) atoms. The van der Waals surface area contributed by atoms with Crippen molar-refractivity contribution in [3.63, 3.8) is 0 Å². The van der Waals surface area contributed by atoms with Crippen LogP contribution in [0.1, 0.15) is 32.1 Å². The zero-order valence-corrected chi connectivity index (χ0v) is 11.6. The lowest BCUT2D eigenvalue weighted by atomic mass is 10.0. The summed E-state index contributed by atoms with van der Waals surface area (Å²) >= 11 is 0. The van der Waals surface area contributed by atoms with Crippen LogP contribution in [0.2, 0.25) is 0 Å². The summed E-state index contributed by atoms with van der Waals surface area (Å²) in [6.45, 7) is 2.28. The highest BCUT2D eigenvalue weighted by Gasteiger charge is 2.31. The molecule has 2 fully saturated rings. The third-order valence-corrected chi connectivity index (χ3v) is 4.08. The Morgan fingerprint density at radius 1 is 1.37 bits per heavy atom. The number of hydrogen-bond acceptors (Lipinski definition) is 4. The maximum atomic E-state index is 5.24. The first kappa shape index (κ1) is 12.7. The van der Waals surface area contributed by atoms with Gasteiger partial charge in [-0.3, -0.25) is 0 Å². The van der Waals surface area contributed by atoms with Gasteiger partial charge in [0.15, 0.2) is 0 Å². The van der Waals surface area contributed by atoms with E-state index in [4.69, 9.17) is 4.74 Å². The average Bonchev–Trinajstić information content (AvgIpc) is 3.30. The van der Waals surface area contributed by atoms with Crippen molar-refractivity contribution < 1.29 is 4.74 Å². The lowest BCUT2D eigenvalue weighted by Crippen LogP contribution is -2.44. The standard InChI is InChI=1S/C15H23N3O/c1-19-15-10-14(7-9-17-15)18(13-5-6-13)11-12-4-2-3-8-16-12/h7,9-10,12-13,16H,2-6,8,11H2,1H3. The molecule has 104 valence electrons. The summed E-state index contributed by atoms with van der Waals surface area (Å²) < 4.78 is 5.24. The molecule has 2 aliphatic rings. The van der Waals surface area contributed by atoms with E-state index >= 15 is 0 Å². The van der Waals surface area contributed by atoms with Crippen molar-refractivity contribution in [2.75, 3.05) is 25.1 Å². The van der Waals surface area contributed by atoms with E-state index in [0.29, 0.717) is 11.9 Å².